The molecule has 8 heteroatoms. The predicted molar refractivity (Wildman–Crippen MR) is 92.2 cm³/mol. The van der Waals surface area contributed by atoms with Gasteiger partial charge in [-0.1, -0.05) is 18.2 Å². The Labute approximate surface area is 144 Å². The van der Waals surface area contributed by atoms with Crippen molar-refractivity contribution < 1.29 is 19.2 Å². The summed E-state index contributed by atoms with van der Waals surface area (Å²) in [5.74, 6) is -1.34. The number of nitrogen functional groups attached to an aromatic ring is 1. The predicted octanol–water partition coefficient (Wildman–Crippen LogP) is 2.39. The molecule has 8 nitrogen and oxygen atoms in total. The van der Waals surface area contributed by atoms with E-state index in [1.165, 1.54) is 24.0 Å². The second-order valence-electron chi connectivity index (χ2n) is 5.31. The summed E-state index contributed by atoms with van der Waals surface area (Å²) in [7, 11) is 1.56. The minimum absolute atomic E-state index is 0.0339. The summed E-state index contributed by atoms with van der Waals surface area (Å²) < 4.78 is 5.12. The van der Waals surface area contributed by atoms with E-state index < -0.39 is 22.9 Å². The standard InChI is InChI=1S/C17H17N3O5/c1-11(16(21)19(2)12-6-4-3-5-7-12)25-17(22)14-10-13(20(23)24)8-9-15(14)18/h3-11H,18H2,1-2H3/t11-/m0/s1. The molecule has 0 fully saturated rings. The zero-order valence-corrected chi connectivity index (χ0v) is 13.7. The molecule has 2 rings (SSSR count). The van der Waals surface area contributed by atoms with Crippen molar-refractivity contribution in [3.05, 3.63) is 64.2 Å². The highest BCUT2D eigenvalue weighted by atomic mass is 16.6. The number of hydrogen-bond acceptors (Lipinski definition) is 6. The van der Waals surface area contributed by atoms with Crippen molar-refractivity contribution in [1.29, 1.82) is 0 Å². The number of nitrogens with two attached hydrogens (primary N) is 1. The number of para-hydroxylation sites is 1. The molecule has 2 aromatic rings. The molecule has 130 valence electrons. The molecule has 0 aliphatic carbocycles. The first-order valence-electron chi connectivity index (χ1n) is 7.38. The van der Waals surface area contributed by atoms with Crippen LogP contribution >= 0.6 is 0 Å². The highest BCUT2D eigenvalue weighted by Crippen LogP contribution is 2.21. The Morgan fingerprint density at radius 1 is 1.20 bits per heavy atom. The number of non-ortho nitro benzene ring substituents is 1. The van der Waals surface area contributed by atoms with Gasteiger partial charge in [-0.3, -0.25) is 14.9 Å². The third-order valence-electron chi connectivity index (χ3n) is 3.57. The van der Waals surface area contributed by atoms with E-state index in [1.807, 2.05) is 6.07 Å². The number of amides is 1. The van der Waals surface area contributed by atoms with Crippen LogP contribution in [0.5, 0.6) is 0 Å². The van der Waals surface area contributed by atoms with Gasteiger partial charge >= 0.3 is 5.97 Å². The third kappa shape index (κ3) is 4.11. The molecule has 0 saturated heterocycles. The Morgan fingerprint density at radius 3 is 2.44 bits per heavy atom. The Hall–Kier alpha value is -3.42. The summed E-state index contributed by atoms with van der Waals surface area (Å²) in [6.07, 6.45) is -1.09. The van der Waals surface area contributed by atoms with Gasteiger partial charge in [-0.25, -0.2) is 4.79 Å². The number of anilines is 2. The highest BCUT2D eigenvalue weighted by Gasteiger charge is 2.25. The lowest BCUT2D eigenvalue weighted by Crippen LogP contribution is -2.37. The van der Waals surface area contributed by atoms with Gasteiger partial charge in [0.15, 0.2) is 6.10 Å². The van der Waals surface area contributed by atoms with Crippen molar-refractivity contribution in [3.63, 3.8) is 0 Å². The molecule has 2 aromatic carbocycles. The summed E-state index contributed by atoms with van der Waals surface area (Å²) in [5, 5.41) is 10.8. The monoisotopic (exact) mass is 343 g/mol. The summed E-state index contributed by atoms with van der Waals surface area (Å²) in [5.41, 5.74) is 5.91. The summed E-state index contributed by atoms with van der Waals surface area (Å²) >= 11 is 0. The molecule has 0 unspecified atom stereocenters. The van der Waals surface area contributed by atoms with E-state index in [-0.39, 0.29) is 16.9 Å². The topological polar surface area (TPSA) is 116 Å². The Balaban J connectivity index is 2.13. The van der Waals surface area contributed by atoms with E-state index in [1.54, 1.807) is 31.3 Å². The first kappa shape index (κ1) is 17.9. The molecule has 1 amide bonds. The largest absolute Gasteiger partial charge is 0.449 e. The van der Waals surface area contributed by atoms with Crippen LogP contribution in [0, 0.1) is 10.1 Å². The van der Waals surface area contributed by atoms with Crippen LogP contribution in [0.2, 0.25) is 0 Å². The van der Waals surface area contributed by atoms with Gasteiger partial charge in [-0.15, -0.1) is 0 Å². The Morgan fingerprint density at radius 2 is 1.84 bits per heavy atom. The number of likely N-dealkylation sites (N-methyl/N-ethyl adjacent to an activating group) is 1. The number of rotatable bonds is 5. The summed E-state index contributed by atoms with van der Waals surface area (Å²) in [6, 6.07) is 12.3. The minimum Gasteiger partial charge on any atom is -0.449 e. The van der Waals surface area contributed by atoms with Crippen LogP contribution in [0.25, 0.3) is 0 Å². The van der Waals surface area contributed by atoms with Crippen molar-refractivity contribution in [1.82, 2.24) is 0 Å². The number of carbonyl (C=O) groups excluding carboxylic acids is 2. The van der Waals surface area contributed by atoms with Crippen LogP contribution in [-0.2, 0) is 9.53 Å². The van der Waals surface area contributed by atoms with Crippen molar-refractivity contribution in [2.24, 2.45) is 0 Å². The normalized spacial score (nSPS) is 11.4. The number of nitrogens with zero attached hydrogens (tertiary/aromatic N) is 2. The molecule has 25 heavy (non-hydrogen) atoms. The molecule has 0 aliphatic rings. The maximum Gasteiger partial charge on any atom is 0.341 e. The second kappa shape index (κ2) is 7.43. The molecule has 0 bridgehead atoms. The summed E-state index contributed by atoms with van der Waals surface area (Å²) in [4.78, 5) is 36.1. The zero-order valence-electron chi connectivity index (χ0n) is 13.7. The Kier molecular flexibility index (Phi) is 5.33. The van der Waals surface area contributed by atoms with E-state index in [4.69, 9.17) is 10.5 Å². The average Bonchev–Trinajstić information content (AvgIpc) is 2.61. The number of ether oxygens (including phenoxy) is 1. The van der Waals surface area contributed by atoms with Crippen LogP contribution in [0.15, 0.2) is 48.5 Å². The average molecular weight is 343 g/mol. The maximum atomic E-state index is 12.4. The fraction of sp³-hybridized carbons (Fsp3) is 0.176. The van der Waals surface area contributed by atoms with Crippen LogP contribution < -0.4 is 10.6 Å². The third-order valence-corrected chi connectivity index (χ3v) is 3.57. The number of hydrogen-bond donors (Lipinski definition) is 1. The molecular weight excluding hydrogens is 326 g/mol. The molecule has 0 aliphatic heterocycles. The van der Waals surface area contributed by atoms with Crippen molar-refractivity contribution in [2.75, 3.05) is 17.7 Å². The first-order chi connectivity index (χ1) is 11.8. The lowest BCUT2D eigenvalue weighted by atomic mass is 10.1. The first-order valence-corrected chi connectivity index (χ1v) is 7.38. The Bertz CT molecular complexity index is 807. The van der Waals surface area contributed by atoms with Gasteiger partial charge in [-0.2, -0.15) is 0 Å². The smallest absolute Gasteiger partial charge is 0.341 e. The fourth-order valence-electron chi connectivity index (χ4n) is 2.16. The van der Waals surface area contributed by atoms with Gasteiger partial charge in [0, 0.05) is 30.6 Å². The van der Waals surface area contributed by atoms with Crippen molar-refractivity contribution in [2.45, 2.75) is 13.0 Å². The van der Waals surface area contributed by atoms with Gasteiger partial charge in [0.1, 0.15) is 0 Å². The van der Waals surface area contributed by atoms with Gasteiger partial charge in [0.25, 0.3) is 11.6 Å². The van der Waals surface area contributed by atoms with E-state index in [0.29, 0.717) is 5.69 Å². The molecule has 1 atom stereocenters. The maximum absolute atomic E-state index is 12.4. The van der Waals surface area contributed by atoms with Gasteiger partial charge in [0.2, 0.25) is 0 Å². The van der Waals surface area contributed by atoms with E-state index >= 15 is 0 Å². The molecule has 0 saturated carbocycles. The van der Waals surface area contributed by atoms with Crippen LogP contribution in [0.3, 0.4) is 0 Å². The lowest BCUT2D eigenvalue weighted by molar-refractivity contribution is -0.384. The quantitative estimate of drug-likeness (QED) is 0.386. The van der Waals surface area contributed by atoms with Gasteiger partial charge < -0.3 is 15.4 Å². The number of benzene rings is 2. The molecule has 0 spiro atoms. The molecular formula is C17H17N3O5. The molecule has 2 N–H and O–H groups in total. The highest BCUT2D eigenvalue weighted by molar-refractivity contribution is 6.00. The summed E-state index contributed by atoms with van der Waals surface area (Å²) in [6.45, 7) is 1.42. The van der Waals surface area contributed by atoms with Crippen LogP contribution in [0.4, 0.5) is 17.1 Å². The van der Waals surface area contributed by atoms with Gasteiger partial charge in [0.05, 0.1) is 10.5 Å². The number of nitro groups is 1. The van der Waals surface area contributed by atoms with E-state index in [2.05, 4.69) is 0 Å². The van der Waals surface area contributed by atoms with Crippen LogP contribution in [-0.4, -0.2) is 30.0 Å². The number of carbonyl (C=O) groups is 2. The fourth-order valence-corrected chi connectivity index (χ4v) is 2.16. The van der Waals surface area contributed by atoms with Crippen molar-refractivity contribution >= 4 is 28.9 Å². The van der Waals surface area contributed by atoms with Gasteiger partial charge in [-0.05, 0) is 25.1 Å². The number of nitro benzene ring substituents is 1. The number of esters is 1. The SMILES string of the molecule is C[C@H](OC(=O)c1cc([N+](=O)[O-])ccc1N)C(=O)N(C)c1ccccc1. The van der Waals surface area contributed by atoms with Crippen molar-refractivity contribution in [3.8, 4) is 0 Å². The zero-order chi connectivity index (χ0) is 18.6. The molecule has 0 aromatic heterocycles. The molecule has 0 heterocycles. The molecule has 0 radical (unpaired) electrons. The van der Waals surface area contributed by atoms with E-state index in [0.717, 1.165) is 6.07 Å². The second-order valence-corrected chi connectivity index (χ2v) is 5.31. The van der Waals surface area contributed by atoms with Crippen LogP contribution in [0.1, 0.15) is 17.3 Å². The minimum atomic E-state index is -1.09. The lowest BCUT2D eigenvalue weighted by Gasteiger charge is -2.21. The van der Waals surface area contributed by atoms with E-state index in [9.17, 15) is 19.7 Å².